The molecule has 0 saturated carbocycles. The number of carboxylic acid groups (broad SMARTS) is 1. The van der Waals surface area contributed by atoms with Gasteiger partial charge in [0.25, 0.3) is 0 Å². The maximum Gasteiger partial charge on any atom is 0.303 e. The molecule has 0 spiro atoms. The van der Waals surface area contributed by atoms with Crippen LogP contribution in [-0.2, 0) is 22.7 Å². The first-order valence-electron chi connectivity index (χ1n) is 5.47. The van der Waals surface area contributed by atoms with Crippen LogP contribution in [0.3, 0.4) is 0 Å². The smallest absolute Gasteiger partial charge is 0.303 e. The first kappa shape index (κ1) is 11.9. The predicted octanol–water partition coefficient (Wildman–Crippen LogP) is 1.29. The molecule has 0 amide bonds. The van der Waals surface area contributed by atoms with E-state index in [1.807, 2.05) is 6.07 Å². The molecule has 1 aromatic carbocycles. The van der Waals surface area contributed by atoms with Gasteiger partial charge in [-0.15, -0.1) is 0 Å². The Morgan fingerprint density at radius 1 is 1.41 bits per heavy atom. The average molecular weight is 237 g/mol. The summed E-state index contributed by atoms with van der Waals surface area (Å²) in [7, 11) is 0. The van der Waals surface area contributed by atoms with Gasteiger partial charge in [0.1, 0.15) is 5.75 Å². The SMILES string of the molecule is NC(CCC(=O)O)c1cc2c(cc1O)COC2. The predicted molar refractivity (Wildman–Crippen MR) is 60.4 cm³/mol. The molecule has 1 unspecified atom stereocenters. The van der Waals surface area contributed by atoms with E-state index in [9.17, 15) is 9.90 Å². The fourth-order valence-corrected chi connectivity index (χ4v) is 1.97. The molecular formula is C12H15NO4. The molecule has 1 aromatic rings. The fraction of sp³-hybridized carbons (Fsp3) is 0.417. The molecule has 0 radical (unpaired) electrons. The lowest BCUT2D eigenvalue weighted by Gasteiger charge is -2.14. The van der Waals surface area contributed by atoms with Gasteiger partial charge in [0.2, 0.25) is 0 Å². The molecule has 1 heterocycles. The molecule has 5 heteroatoms. The Morgan fingerprint density at radius 3 is 2.71 bits per heavy atom. The zero-order valence-corrected chi connectivity index (χ0v) is 9.35. The summed E-state index contributed by atoms with van der Waals surface area (Å²) in [5, 5.41) is 18.4. The van der Waals surface area contributed by atoms with E-state index in [0.29, 0.717) is 25.2 Å². The van der Waals surface area contributed by atoms with Crippen LogP contribution in [0.15, 0.2) is 12.1 Å². The van der Waals surface area contributed by atoms with E-state index in [1.165, 1.54) is 0 Å². The number of ether oxygens (including phenoxy) is 1. The molecule has 0 saturated heterocycles. The lowest BCUT2D eigenvalue weighted by atomic mass is 9.97. The minimum atomic E-state index is -0.885. The highest BCUT2D eigenvalue weighted by molar-refractivity contribution is 5.66. The third-order valence-corrected chi connectivity index (χ3v) is 2.93. The van der Waals surface area contributed by atoms with Crippen molar-refractivity contribution in [3.05, 3.63) is 28.8 Å². The van der Waals surface area contributed by atoms with Crippen LogP contribution < -0.4 is 5.73 Å². The van der Waals surface area contributed by atoms with E-state index in [2.05, 4.69) is 0 Å². The van der Waals surface area contributed by atoms with Crippen molar-refractivity contribution in [1.82, 2.24) is 0 Å². The molecule has 0 bridgehead atoms. The van der Waals surface area contributed by atoms with Gasteiger partial charge in [0.15, 0.2) is 0 Å². The summed E-state index contributed by atoms with van der Waals surface area (Å²) >= 11 is 0. The van der Waals surface area contributed by atoms with E-state index in [4.69, 9.17) is 15.6 Å². The van der Waals surface area contributed by atoms with Gasteiger partial charge in [-0.3, -0.25) is 4.79 Å². The molecular weight excluding hydrogens is 222 g/mol. The van der Waals surface area contributed by atoms with Crippen LogP contribution in [0, 0.1) is 0 Å². The number of carboxylic acids is 1. The van der Waals surface area contributed by atoms with Crippen molar-refractivity contribution < 1.29 is 19.7 Å². The summed E-state index contributed by atoms with van der Waals surface area (Å²) in [5.74, 6) is -0.767. The standard InChI is InChI=1S/C12H15NO4/c13-10(1-2-12(15)16)9-3-7-5-17-6-8(7)4-11(9)14/h3-4,10,14H,1-2,5-6,13H2,(H,15,16). The third kappa shape index (κ3) is 2.57. The van der Waals surface area contributed by atoms with Crippen molar-refractivity contribution in [2.45, 2.75) is 32.1 Å². The monoisotopic (exact) mass is 237 g/mol. The average Bonchev–Trinajstić information content (AvgIpc) is 2.71. The molecule has 17 heavy (non-hydrogen) atoms. The summed E-state index contributed by atoms with van der Waals surface area (Å²) in [6, 6.07) is 3.00. The van der Waals surface area contributed by atoms with Crippen LogP contribution in [-0.4, -0.2) is 16.2 Å². The van der Waals surface area contributed by atoms with Crippen LogP contribution in [0.4, 0.5) is 0 Å². The number of rotatable bonds is 4. The third-order valence-electron chi connectivity index (χ3n) is 2.93. The first-order chi connectivity index (χ1) is 8.08. The van der Waals surface area contributed by atoms with Gasteiger partial charge in [-0.25, -0.2) is 0 Å². The van der Waals surface area contributed by atoms with Crippen LogP contribution in [0.25, 0.3) is 0 Å². The molecule has 1 aliphatic rings. The highest BCUT2D eigenvalue weighted by Crippen LogP contribution is 2.32. The maximum atomic E-state index is 10.5. The van der Waals surface area contributed by atoms with Crippen molar-refractivity contribution in [2.24, 2.45) is 5.73 Å². The molecule has 5 nitrogen and oxygen atoms in total. The number of benzene rings is 1. The van der Waals surface area contributed by atoms with Crippen molar-refractivity contribution in [1.29, 1.82) is 0 Å². The number of aliphatic carboxylic acids is 1. The molecule has 0 aliphatic carbocycles. The second-order valence-corrected chi connectivity index (χ2v) is 4.21. The number of hydrogen-bond donors (Lipinski definition) is 3. The molecule has 1 atom stereocenters. The highest BCUT2D eigenvalue weighted by atomic mass is 16.5. The Bertz CT molecular complexity index is 444. The van der Waals surface area contributed by atoms with Crippen LogP contribution in [0.1, 0.15) is 35.6 Å². The second-order valence-electron chi connectivity index (χ2n) is 4.21. The minimum Gasteiger partial charge on any atom is -0.508 e. The minimum absolute atomic E-state index is 0.00576. The Hall–Kier alpha value is -1.59. The molecule has 0 fully saturated rings. The molecule has 0 aromatic heterocycles. The van der Waals surface area contributed by atoms with Crippen molar-refractivity contribution in [3.63, 3.8) is 0 Å². The maximum absolute atomic E-state index is 10.5. The summed E-state index contributed by atoms with van der Waals surface area (Å²) in [6.45, 7) is 1.03. The Morgan fingerprint density at radius 2 is 2.06 bits per heavy atom. The number of nitrogens with two attached hydrogens (primary N) is 1. The van der Waals surface area contributed by atoms with Gasteiger partial charge in [0, 0.05) is 18.0 Å². The fourth-order valence-electron chi connectivity index (χ4n) is 1.97. The van der Waals surface area contributed by atoms with E-state index < -0.39 is 12.0 Å². The lowest BCUT2D eigenvalue weighted by Crippen LogP contribution is -2.13. The van der Waals surface area contributed by atoms with Crippen molar-refractivity contribution >= 4 is 5.97 Å². The van der Waals surface area contributed by atoms with Crippen molar-refractivity contribution in [2.75, 3.05) is 0 Å². The summed E-state index contributed by atoms with van der Waals surface area (Å²) in [6.07, 6.45) is 0.302. The molecule has 2 rings (SSSR count). The topological polar surface area (TPSA) is 92.8 Å². The van der Waals surface area contributed by atoms with E-state index in [-0.39, 0.29) is 12.2 Å². The zero-order chi connectivity index (χ0) is 12.4. The number of phenols is 1. The lowest BCUT2D eigenvalue weighted by molar-refractivity contribution is -0.137. The Kier molecular flexibility index (Phi) is 3.31. The zero-order valence-electron chi connectivity index (χ0n) is 9.35. The Labute approximate surface area is 98.8 Å². The van der Waals surface area contributed by atoms with Gasteiger partial charge in [-0.1, -0.05) is 0 Å². The van der Waals surface area contributed by atoms with Gasteiger partial charge in [-0.05, 0) is 29.7 Å². The molecule has 92 valence electrons. The van der Waals surface area contributed by atoms with Crippen LogP contribution >= 0.6 is 0 Å². The number of aromatic hydroxyl groups is 1. The number of hydrogen-bond acceptors (Lipinski definition) is 4. The van der Waals surface area contributed by atoms with Gasteiger partial charge < -0.3 is 20.7 Å². The van der Waals surface area contributed by atoms with Gasteiger partial charge in [0.05, 0.1) is 13.2 Å². The molecule has 1 aliphatic heterocycles. The Balaban J connectivity index is 2.17. The molecule has 4 N–H and O–H groups in total. The summed E-state index contributed by atoms with van der Waals surface area (Å²) < 4.78 is 5.26. The van der Waals surface area contributed by atoms with Crippen molar-refractivity contribution in [3.8, 4) is 5.75 Å². The van der Waals surface area contributed by atoms with Crippen LogP contribution in [0.5, 0.6) is 5.75 Å². The number of fused-ring (bicyclic) bond motifs is 1. The first-order valence-corrected chi connectivity index (χ1v) is 5.47. The van der Waals surface area contributed by atoms with E-state index in [1.54, 1.807) is 6.07 Å². The van der Waals surface area contributed by atoms with Gasteiger partial charge in [-0.2, -0.15) is 0 Å². The number of carbonyl (C=O) groups is 1. The second kappa shape index (κ2) is 4.73. The summed E-state index contributed by atoms with van der Waals surface area (Å²) in [5.41, 5.74) is 8.45. The van der Waals surface area contributed by atoms with Crippen LogP contribution in [0.2, 0.25) is 0 Å². The van der Waals surface area contributed by atoms with Gasteiger partial charge >= 0.3 is 5.97 Å². The largest absolute Gasteiger partial charge is 0.508 e. The summed E-state index contributed by atoms with van der Waals surface area (Å²) in [4.78, 5) is 10.5. The number of phenolic OH excluding ortho intramolecular Hbond substituents is 1. The quantitative estimate of drug-likeness (QED) is 0.733. The normalized spacial score (nSPS) is 15.6. The van der Waals surface area contributed by atoms with E-state index >= 15 is 0 Å². The van der Waals surface area contributed by atoms with E-state index in [0.717, 1.165) is 11.1 Å². The highest BCUT2D eigenvalue weighted by Gasteiger charge is 2.18.